The minimum atomic E-state index is -0.108. The van der Waals surface area contributed by atoms with Crippen LogP contribution in [0.4, 0.5) is 0 Å². The van der Waals surface area contributed by atoms with E-state index in [1.54, 1.807) is 7.11 Å². The van der Waals surface area contributed by atoms with Crippen molar-refractivity contribution >= 4 is 11.8 Å². The van der Waals surface area contributed by atoms with Gasteiger partial charge in [-0.2, -0.15) is 11.8 Å². The van der Waals surface area contributed by atoms with Gasteiger partial charge in [-0.15, -0.1) is 0 Å². The molecule has 1 atom stereocenters. The van der Waals surface area contributed by atoms with E-state index in [1.807, 2.05) is 11.8 Å². The number of hydrogen-bond donors (Lipinski definition) is 2. The summed E-state index contributed by atoms with van der Waals surface area (Å²) in [5.74, 6) is 2.23. The van der Waals surface area contributed by atoms with E-state index in [0.29, 0.717) is 0 Å². The molecule has 0 aromatic heterocycles. The Morgan fingerprint density at radius 3 is 2.67 bits per heavy atom. The summed E-state index contributed by atoms with van der Waals surface area (Å²) in [4.78, 5) is 0. The van der Waals surface area contributed by atoms with Gasteiger partial charge in [-0.05, 0) is 37.8 Å². The van der Waals surface area contributed by atoms with Gasteiger partial charge < -0.3 is 15.2 Å². The van der Waals surface area contributed by atoms with E-state index in [0.717, 1.165) is 37.5 Å². The molecule has 2 N–H and O–H groups in total. The van der Waals surface area contributed by atoms with E-state index in [2.05, 4.69) is 19.2 Å². The number of likely N-dealkylation sites (N-methyl/N-ethyl adjacent to an activating group) is 1. The molecular weight excluding hydrogens is 210 g/mol. The van der Waals surface area contributed by atoms with Crippen LogP contribution in [0.5, 0.6) is 0 Å². The monoisotopic (exact) mass is 235 g/mol. The molecule has 4 heteroatoms. The average molecular weight is 235 g/mol. The van der Waals surface area contributed by atoms with Gasteiger partial charge in [0, 0.05) is 19.3 Å². The predicted octanol–water partition coefficient (Wildman–Crippen LogP) is 1.51. The highest BCUT2D eigenvalue weighted by molar-refractivity contribution is 7.99. The zero-order valence-electron chi connectivity index (χ0n) is 10.2. The molecule has 0 rings (SSSR count). The van der Waals surface area contributed by atoms with Crippen molar-refractivity contribution in [3.05, 3.63) is 0 Å². The van der Waals surface area contributed by atoms with Gasteiger partial charge in [0.2, 0.25) is 0 Å². The molecule has 0 aromatic carbocycles. The lowest BCUT2D eigenvalue weighted by molar-refractivity contribution is 0.173. The molecule has 92 valence electrons. The van der Waals surface area contributed by atoms with E-state index >= 15 is 0 Å². The quantitative estimate of drug-likeness (QED) is 0.563. The van der Waals surface area contributed by atoms with Gasteiger partial charge in [0.15, 0.2) is 0 Å². The first-order chi connectivity index (χ1) is 7.18. The molecule has 0 bridgehead atoms. The van der Waals surface area contributed by atoms with Crippen LogP contribution >= 0.6 is 11.8 Å². The molecule has 0 heterocycles. The van der Waals surface area contributed by atoms with Crippen molar-refractivity contribution in [2.75, 3.05) is 38.4 Å². The summed E-state index contributed by atoms with van der Waals surface area (Å²) >= 11 is 1.93. The molecular formula is C11H25NO2S. The highest BCUT2D eigenvalue weighted by Crippen LogP contribution is 2.14. The molecule has 0 saturated carbocycles. The number of thioether (sulfide) groups is 1. The van der Waals surface area contributed by atoms with Gasteiger partial charge >= 0.3 is 0 Å². The maximum Gasteiger partial charge on any atom is 0.0610 e. The fourth-order valence-corrected chi connectivity index (χ4v) is 2.48. The number of rotatable bonds is 10. The molecule has 0 aliphatic rings. The molecule has 1 unspecified atom stereocenters. The van der Waals surface area contributed by atoms with Crippen molar-refractivity contribution in [3.8, 4) is 0 Å². The molecule has 0 aliphatic heterocycles. The maximum absolute atomic E-state index is 9.27. The van der Waals surface area contributed by atoms with Crippen molar-refractivity contribution in [2.45, 2.75) is 32.2 Å². The highest BCUT2D eigenvalue weighted by atomic mass is 32.2. The van der Waals surface area contributed by atoms with Gasteiger partial charge in [0.05, 0.1) is 6.61 Å². The minimum absolute atomic E-state index is 0.108. The Hall–Kier alpha value is 0.230. The molecule has 0 saturated heterocycles. The second kappa shape index (κ2) is 9.46. The summed E-state index contributed by atoms with van der Waals surface area (Å²) in [7, 11) is 1.73. The normalized spacial score (nSPS) is 15.2. The number of ether oxygens (including phenoxy) is 1. The van der Waals surface area contributed by atoms with Gasteiger partial charge in [-0.1, -0.05) is 6.92 Å². The van der Waals surface area contributed by atoms with Crippen molar-refractivity contribution in [2.24, 2.45) is 0 Å². The summed E-state index contributed by atoms with van der Waals surface area (Å²) in [6.45, 7) is 6.11. The largest absolute Gasteiger partial charge is 0.394 e. The Balaban J connectivity index is 3.46. The molecule has 0 aromatic rings. The predicted molar refractivity (Wildman–Crippen MR) is 67.6 cm³/mol. The Bertz CT molecular complexity index is 147. The highest BCUT2D eigenvalue weighted by Gasteiger charge is 2.20. The summed E-state index contributed by atoms with van der Waals surface area (Å²) in [5, 5.41) is 12.6. The van der Waals surface area contributed by atoms with E-state index in [4.69, 9.17) is 4.74 Å². The average Bonchev–Trinajstić information content (AvgIpc) is 2.24. The fourth-order valence-electron chi connectivity index (χ4n) is 1.35. The number of methoxy groups -OCH3 is 1. The maximum atomic E-state index is 9.27. The van der Waals surface area contributed by atoms with Crippen LogP contribution in [0.1, 0.15) is 26.7 Å². The first-order valence-corrected chi connectivity index (χ1v) is 6.76. The Labute approximate surface area is 98.0 Å². The van der Waals surface area contributed by atoms with Crippen LogP contribution in [-0.2, 0) is 4.74 Å². The van der Waals surface area contributed by atoms with Gasteiger partial charge in [-0.3, -0.25) is 0 Å². The number of hydrogen-bond acceptors (Lipinski definition) is 4. The number of nitrogens with one attached hydrogen (secondary N) is 1. The Kier molecular flexibility index (Phi) is 9.60. The summed E-state index contributed by atoms with van der Waals surface area (Å²) < 4.78 is 4.98. The zero-order valence-corrected chi connectivity index (χ0v) is 11.0. The first-order valence-electron chi connectivity index (χ1n) is 5.61. The van der Waals surface area contributed by atoms with Gasteiger partial charge in [0.25, 0.3) is 0 Å². The van der Waals surface area contributed by atoms with Crippen molar-refractivity contribution in [1.82, 2.24) is 5.32 Å². The third kappa shape index (κ3) is 8.08. The van der Waals surface area contributed by atoms with E-state index in [9.17, 15) is 5.11 Å². The lowest BCUT2D eigenvalue weighted by Crippen LogP contribution is -2.46. The van der Waals surface area contributed by atoms with Gasteiger partial charge in [0.1, 0.15) is 0 Å². The molecule has 0 radical (unpaired) electrons. The van der Waals surface area contributed by atoms with Crippen LogP contribution in [0.15, 0.2) is 0 Å². The summed E-state index contributed by atoms with van der Waals surface area (Å²) in [6.07, 6.45) is 2.12. The lowest BCUT2D eigenvalue weighted by atomic mass is 10.0. The Morgan fingerprint density at radius 1 is 1.40 bits per heavy atom. The molecule has 0 aliphatic carbocycles. The van der Waals surface area contributed by atoms with Crippen LogP contribution in [0.25, 0.3) is 0 Å². The second-order valence-electron chi connectivity index (χ2n) is 3.96. The Morgan fingerprint density at radius 2 is 2.13 bits per heavy atom. The second-order valence-corrected chi connectivity index (χ2v) is 5.18. The van der Waals surface area contributed by atoms with Crippen LogP contribution in [0.2, 0.25) is 0 Å². The number of aliphatic hydroxyl groups excluding tert-OH is 1. The molecule has 0 spiro atoms. The van der Waals surface area contributed by atoms with E-state index in [1.165, 1.54) is 0 Å². The molecule has 15 heavy (non-hydrogen) atoms. The molecule has 0 fully saturated rings. The van der Waals surface area contributed by atoms with Crippen LogP contribution in [0, 0.1) is 0 Å². The summed E-state index contributed by atoms with van der Waals surface area (Å²) in [6, 6.07) is 0. The van der Waals surface area contributed by atoms with Crippen molar-refractivity contribution in [1.29, 1.82) is 0 Å². The van der Waals surface area contributed by atoms with Crippen molar-refractivity contribution in [3.63, 3.8) is 0 Å². The zero-order chi connectivity index (χ0) is 11.6. The topological polar surface area (TPSA) is 41.5 Å². The van der Waals surface area contributed by atoms with Crippen LogP contribution < -0.4 is 5.32 Å². The smallest absolute Gasteiger partial charge is 0.0610 e. The van der Waals surface area contributed by atoms with Crippen LogP contribution in [-0.4, -0.2) is 49.0 Å². The van der Waals surface area contributed by atoms with E-state index < -0.39 is 0 Å². The van der Waals surface area contributed by atoms with Crippen LogP contribution in [0.3, 0.4) is 0 Å². The number of aliphatic hydroxyl groups is 1. The van der Waals surface area contributed by atoms with E-state index in [-0.39, 0.29) is 12.1 Å². The third-order valence-corrected chi connectivity index (χ3v) is 3.46. The van der Waals surface area contributed by atoms with Crippen molar-refractivity contribution < 1.29 is 9.84 Å². The minimum Gasteiger partial charge on any atom is -0.394 e. The molecule has 3 nitrogen and oxygen atoms in total. The summed E-state index contributed by atoms with van der Waals surface area (Å²) in [5.41, 5.74) is -0.108. The fraction of sp³-hybridized carbons (Fsp3) is 1.00. The standard InChI is InChI=1S/C11H25NO2S/c1-4-12-11(2,10-13)6-9-15-8-5-7-14-3/h12-13H,4-10H2,1-3H3. The lowest BCUT2D eigenvalue weighted by Gasteiger charge is -2.28. The SMILES string of the molecule is CCNC(C)(CO)CCSCCCOC. The van der Waals surface area contributed by atoms with Gasteiger partial charge in [-0.25, -0.2) is 0 Å². The third-order valence-electron chi connectivity index (χ3n) is 2.39. The molecule has 0 amide bonds. The first kappa shape index (κ1) is 15.2.